The summed E-state index contributed by atoms with van der Waals surface area (Å²) in [5.74, 6) is -0.315. The summed E-state index contributed by atoms with van der Waals surface area (Å²) in [5.41, 5.74) is 0.495. The van der Waals surface area contributed by atoms with Crippen molar-refractivity contribution in [1.82, 2.24) is 14.2 Å². The van der Waals surface area contributed by atoms with Gasteiger partial charge in [-0.15, -0.1) is 0 Å². The molecule has 10 heteroatoms. The predicted octanol–water partition coefficient (Wildman–Crippen LogP) is 2.98. The number of sulfonamides is 1. The molecule has 0 bridgehead atoms. The monoisotopic (exact) mass is 465 g/mol. The van der Waals surface area contributed by atoms with Crippen LogP contribution in [0.2, 0.25) is 10.0 Å². The molecule has 0 radical (unpaired) electrons. The highest BCUT2D eigenvalue weighted by atomic mass is 35.5. The number of hydrogen-bond acceptors (Lipinski definition) is 4. The number of fused-ring (bicyclic) bond motifs is 1. The van der Waals surface area contributed by atoms with Crippen LogP contribution >= 0.6 is 23.2 Å². The number of para-hydroxylation sites is 1. The fourth-order valence-corrected chi connectivity index (χ4v) is 6.06. The predicted molar refractivity (Wildman–Crippen MR) is 116 cm³/mol. The molecule has 1 aliphatic rings. The lowest BCUT2D eigenvalue weighted by Gasteiger charge is -2.34. The summed E-state index contributed by atoms with van der Waals surface area (Å²) in [4.78, 5) is 29.1. The zero-order chi connectivity index (χ0) is 21.5. The normalized spacial score (nSPS) is 15.5. The molecule has 1 aromatic heterocycles. The summed E-state index contributed by atoms with van der Waals surface area (Å²) < 4.78 is 27.3. The van der Waals surface area contributed by atoms with E-state index >= 15 is 0 Å². The summed E-state index contributed by atoms with van der Waals surface area (Å²) in [7, 11) is -3.90. The number of hydrogen-bond donors (Lipinski definition) is 1. The lowest BCUT2D eigenvalue weighted by molar-refractivity contribution is 0.0699. The van der Waals surface area contributed by atoms with Gasteiger partial charge < -0.3 is 9.88 Å². The van der Waals surface area contributed by atoms with Crippen molar-refractivity contribution in [2.24, 2.45) is 0 Å². The van der Waals surface area contributed by atoms with Gasteiger partial charge in [0.15, 0.2) is 0 Å². The van der Waals surface area contributed by atoms with Gasteiger partial charge in [0.2, 0.25) is 15.6 Å². The van der Waals surface area contributed by atoms with E-state index in [4.69, 9.17) is 23.2 Å². The summed E-state index contributed by atoms with van der Waals surface area (Å²) in [6.45, 7) is 0.552. The minimum Gasteiger partial charge on any atom is -0.336 e. The molecule has 0 atom stereocenters. The summed E-state index contributed by atoms with van der Waals surface area (Å²) in [6.07, 6.45) is 0. The minimum atomic E-state index is -3.90. The number of aromatic amines is 1. The third-order valence-corrected chi connectivity index (χ3v) is 7.88. The quantitative estimate of drug-likeness (QED) is 0.643. The lowest BCUT2D eigenvalue weighted by atomic mass is 10.1. The average molecular weight is 466 g/mol. The maximum absolute atomic E-state index is 13.1. The zero-order valence-corrected chi connectivity index (χ0v) is 18.0. The number of carbonyl (C=O) groups is 1. The Morgan fingerprint density at radius 1 is 0.933 bits per heavy atom. The summed E-state index contributed by atoms with van der Waals surface area (Å²) >= 11 is 12.2. The van der Waals surface area contributed by atoms with Crippen molar-refractivity contribution in [3.63, 3.8) is 0 Å². The van der Waals surface area contributed by atoms with Crippen molar-refractivity contribution in [3.05, 3.63) is 74.5 Å². The van der Waals surface area contributed by atoms with Gasteiger partial charge in [-0.3, -0.25) is 9.59 Å². The second-order valence-corrected chi connectivity index (χ2v) is 9.53. The molecule has 0 spiro atoms. The largest absolute Gasteiger partial charge is 0.336 e. The number of amides is 1. The number of benzene rings is 2. The number of halogens is 2. The Morgan fingerprint density at radius 2 is 1.57 bits per heavy atom. The van der Waals surface area contributed by atoms with Crippen molar-refractivity contribution < 1.29 is 13.2 Å². The van der Waals surface area contributed by atoms with Crippen LogP contribution in [0.15, 0.2) is 58.2 Å². The first-order chi connectivity index (χ1) is 14.3. The third kappa shape index (κ3) is 3.72. The Labute approximate surface area is 182 Å². The maximum atomic E-state index is 13.1. The highest BCUT2D eigenvalue weighted by Gasteiger charge is 2.33. The van der Waals surface area contributed by atoms with E-state index in [1.54, 1.807) is 35.2 Å². The molecule has 0 unspecified atom stereocenters. The van der Waals surface area contributed by atoms with Crippen LogP contribution in [0.25, 0.3) is 10.9 Å². The maximum Gasteiger partial charge on any atom is 0.254 e. The molecule has 0 aliphatic carbocycles. The lowest BCUT2D eigenvalue weighted by Crippen LogP contribution is -2.50. The van der Waals surface area contributed by atoms with Gasteiger partial charge in [0, 0.05) is 43.1 Å². The number of rotatable bonds is 3. The fourth-order valence-electron chi connectivity index (χ4n) is 3.54. The molecule has 4 rings (SSSR count). The van der Waals surface area contributed by atoms with E-state index in [9.17, 15) is 18.0 Å². The first-order valence-electron chi connectivity index (χ1n) is 9.14. The van der Waals surface area contributed by atoms with Gasteiger partial charge in [-0.25, -0.2) is 8.42 Å². The van der Waals surface area contributed by atoms with Gasteiger partial charge in [0.1, 0.15) is 4.90 Å². The molecule has 1 saturated heterocycles. The Morgan fingerprint density at radius 3 is 2.23 bits per heavy atom. The summed E-state index contributed by atoms with van der Waals surface area (Å²) in [6, 6.07) is 12.8. The van der Waals surface area contributed by atoms with Crippen molar-refractivity contribution in [2.45, 2.75) is 4.90 Å². The van der Waals surface area contributed by atoms with Crippen LogP contribution in [0.4, 0.5) is 0 Å². The molecule has 30 heavy (non-hydrogen) atoms. The van der Waals surface area contributed by atoms with E-state index in [0.717, 1.165) is 0 Å². The Balaban J connectivity index is 1.57. The fraction of sp³-hybridized carbons (Fsp3) is 0.200. The molecule has 7 nitrogen and oxygen atoms in total. The molecular weight excluding hydrogens is 449 g/mol. The van der Waals surface area contributed by atoms with Crippen molar-refractivity contribution in [1.29, 1.82) is 0 Å². The van der Waals surface area contributed by atoms with Crippen LogP contribution in [0.3, 0.4) is 0 Å². The molecule has 156 valence electrons. The van der Waals surface area contributed by atoms with E-state index in [1.807, 2.05) is 0 Å². The number of carbonyl (C=O) groups excluding carboxylic acids is 1. The Hall–Kier alpha value is -2.39. The van der Waals surface area contributed by atoms with Crippen LogP contribution in [0.5, 0.6) is 0 Å². The molecule has 1 fully saturated rings. The number of nitrogens with one attached hydrogen (secondary N) is 1. The van der Waals surface area contributed by atoms with E-state index in [0.29, 0.717) is 16.5 Å². The van der Waals surface area contributed by atoms with Crippen LogP contribution in [-0.4, -0.2) is 54.7 Å². The second kappa shape index (κ2) is 8.03. The molecule has 1 aliphatic heterocycles. The van der Waals surface area contributed by atoms with Gasteiger partial charge in [-0.2, -0.15) is 4.31 Å². The topological polar surface area (TPSA) is 90.6 Å². The molecule has 2 heterocycles. The molecule has 2 aromatic carbocycles. The number of aromatic nitrogens is 1. The first kappa shape index (κ1) is 20.9. The van der Waals surface area contributed by atoms with E-state index in [-0.39, 0.29) is 52.6 Å². The minimum absolute atomic E-state index is 0.0518. The van der Waals surface area contributed by atoms with Gasteiger partial charge >= 0.3 is 0 Å². The molecule has 3 aromatic rings. The number of nitrogens with zero attached hydrogens (tertiary/aromatic N) is 2. The highest BCUT2D eigenvalue weighted by molar-refractivity contribution is 7.89. The van der Waals surface area contributed by atoms with Gasteiger partial charge in [0.25, 0.3) is 5.91 Å². The highest BCUT2D eigenvalue weighted by Crippen LogP contribution is 2.32. The molecular formula is C20H17Cl2N3O4S. The van der Waals surface area contributed by atoms with Crippen molar-refractivity contribution in [3.8, 4) is 0 Å². The van der Waals surface area contributed by atoms with Gasteiger partial charge in [-0.1, -0.05) is 47.5 Å². The van der Waals surface area contributed by atoms with E-state index in [1.165, 1.54) is 22.5 Å². The molecule has 1 N–H and O–H groups in total. The first-order valence-corrected chi connectivity index (χ1v) is 11.3. The van der Waals surface area contributed by atoms with Crippen molar-refractivity contribution >= 4 is 50.0 Å². The van der Waals surface area contributed by atoms with Crippen LogP contribution in [-0.2, 0) is 10.0 Å². The smallest absolute Gasteiger partial charge is 0.254 e. The molecule has 1 amide bonds. The number of piperazine rings is 1. The second-order valence-electron chi connectivity index (χ2n) is 6.84. The van der Waals surface area contributed by atoms with Crippen LogP contribution in [0.1, 0.15) is 10.4 Å². The standard InChI is InChI=1S/C20H17Cl2N3O4S/c21-15-5-3-6-16(22)19(15)30(28,29)25-10-8-24(9-11-25)20(27)14-12-18(26)23-17-7-2-1-4-13(14)17/h1-7,12H,8-11H2,(H,23,26). The average Bonchev–Trinajstić information content (AvgIpc) is 2.72. The summed E-state index contributed by atoms with van der Waals surface area (Å²) in [5, 5.41) is 0.743. The Bertz CT molecular complexity index is 1280. The SMILES string of the molecule is O=C(c1cc(=O)[nH]c2ccccc12)N1CCN(S(=O)(=O)c2c(Cl)cccc2Cl)CC1. The van der Waals surface area contributed by atoms with Crippen molar-refractivity contribution in [2.75, 3.05) is 26.2 Å². The van der Waals surface area contributed by atoms with Crippen LogP contribution < -0.4 is 5.56 Å². The van der Waals surface area contributed by atoms with E-state index in [2.05, 4.69) is 4.98 Å². The number of pyridine rings is 1. The molecule has 0 saturated carbocycles. The third-order valence-electron chi connectivity index (χ3n) is 5.02. The Kier molecular flexibility index (Phi) is 5.59. The zero-order valence-electron chi connectivity index (χ0n) is 15.6. The van der Waals surface area contributed by atoms with Crippen LogP contribution in [0, 0.1) is 0 Å². The number of H-pyrrole nitrogens is 1. The van der Waals surface area contributed by atoms with Gasteiger partial charge in [0.05, 0.1) is 15.6 Å². The van der Waals surface area contributed by atoms with Gasteiger partial charge in [-0.05, 0) is 18.2 Å². The van der Waals surface area contributed by atoms with E-state index < -0.39 is 10.0 Å².